The van der Waals surface area contributed by atoms with Crippen LogP contribution in [-0.4, -0.2) is 10.2 Å². The predicted octanol–water partition coefficient (Wildman–Crippen LogP) is 5.22. The number of halogens is 2. The summed E-state index contributed by atoms with van der Waals surface area (Å²) in [6.45, 7) is 0. The van der Waals surface area contributed by atoms with E-state index in [0.29, 0.717) is 23.0 Å². The minimum Gasteiger partial charge on any atom is -0.418 e. The lowest BCUT2D eigenvalue weighted by atomic mass is 10.1. The zero-order chi connectivity index (χ0) is 18.6. The lowest BCUT2D eigenvalue weighted by Crippen LogP contribution is -2.13. The van der Waals surface area contributed by atoms with Crippen LogP contribution in [0.25, 0.3) is 11.5 Å². The molecule has 4 nitrogen and oxygen atoms in total. The molecule has 4 rings (SSSR count). The molecule has 0 bridgehead atoms. The van der Waals surface area contributed by atoms with Crippen LogP contribution in [0.3, 0.4) is 0 Å². The number of nitrogens with zero attached hydrogens (tertiary/aromatic N) is 2. The van der Waals surface area contributed by atoms with Crippen molar-refractivity contribution in [1.82, 2.24) is 10.2 Å². The molecule has 0 saturated heterocycles. The molecule has 4 aromatic rings. The highest BCUT2D eigenvalue weighted by molar-refractivity contribution is 5.52. The highest BCUT2D eigenvalue weighted by Crippen LogP contribution is 2.28. The van der Waals surface area contributed by atoms with Gasteiger partial charge in [-0.3, -0.25) is 0 Å². The van der Waals surface area contributed by atoms with Crippen LogP contribution in [0.1, 0.15) is 17.5 Å². The van der Waals surface area contributed by atoms with Crippen LogP contribution in [0.15, 0.2) is 83.3 Å². The van der Waals surface area contributed by atoms with Gasteiger partial charge in [-0.05, 0) is 48.0 Å². The molecule has 0 fully saturated rings. The van der Waals surface area contributed by atoms with Crippen molar-refractivity contribution in [2.24, 2.45) is 0 Å². The Labute approximate surface area is 154 Å². The van der Waals surface area contributed by atoms with Crippen molar-refractivity contribution < 1.29 is 13.2 Å². The summed E-state index contributed by atoms with van der Waals surface area (Å²) in [6, 6.07) is 20.8. The van der Waals surface area contributed by atoms with Crippen molar-refractivity contribution in [3.05, 3.63) is 102 Å². The zero-order valence-electron chi connectivity index (χ0n) is 14.1. The Kier molecular flexibility index (Phi) is 4.61. The third-order valence-electron chi connectivity index (χ3n) is 4.05. The first-order valence-corrected chi connectivity index (χ1v) is 8.35. The Morgan fingerprint density at radius 1 is 0.778 bits per heavy atom. The van der Waals surface area contributed by atoms with Crippen molar-refractivity contribution in [1.29, 1.82) is 0 Å². The minimum atomic E-state index is -0.558. The van der Waals surface area contributed by atoms with E-state index in [2.05, 4.69) is 15.5 Å². The first-order valence-electron chi connectivity index (χ1n) is 8.35. The largest absolute Gasteiger partial charge is 0.418 e. The molecule has 0 unspecified atom stereocenters. The van der Waals surface area contributed by atoms with Crippen molar-refractivity contribution >= 4 is 5.69 Å². The van der Waals surface area contributed by atoms with E-state index < -0.39 is 6.04 Å². The zero-order valence-corrected chi connectivity index (χ0v) is 14.1. The fourth-order valence-electron chi connectivity index (χ4n) is 2.74. The quantitative estimate of drug-likeness (QED) is 0.528. The molecule has 1 N–H and O–H groups in total. The van der Waals surface area contributed by atoms with Crippen molar-refractivity contribution in [2.75, 3.05) is 5.32 Å². The van der Waals surface area contributed by atoms with Gasteiger partial charge >= 0.3 is 0 Å². The predicted molar refractivity (Wildman–Crippen MR) is 98.0 cm³/mol. The van der Waals surface area contributed by atoms with Gasteiger partial charge < -0.3 is 9.73 Å². The summed E-state index contributed by atoms with van der Waals surface area (Å²) in [4.78, 5) is 0. The summed E-state index contributed by atoms with van der Waals surface area (Å²) in [6.07, 6.45) is 0. The third-order valence-corrected chi connectivity index (χ3v) is 4.05. The van der Waals surface area contributed by atoms with Gasteiger partial charge in [-0.2, -0.15) is 0 Å². The van der Waals surface area contributed by atoms with Gasteiger partial charge in [-0.1, -0.05) is 36.4 Å². The van der Waals surface area contributed by atoms with Gasteiger partial charge in [-0.25, -0.2) is 8.78 Å². The minimum absolute atomic E-state index is 0.296. The molecular weight excluding hydrogens is 348 g/mol. The number of rotatable bonds is 5. The topological polar surface area (TPSA) is 51.0 Å². The van der Waals surface area contributed by atoms with E-state index in [4.69, 9.17) is 4.42 Å². The van der Waals surface area contributed by atoms with Crippen LogP contribution in [0.4, 0.5) is 14.5 Å². The fraction of sp³-hybridized carbons (Fsp3) is 0.0476. The summed E-state index contributed by atoms with van der Waals surface area (Å²) >= 11 is 0. The molecule has 134 valence electrons. The van der Waals surface area contributed by atoms with E-state index in [-0.39, 0.29) is 11.6 Å². The molecule has 0 spiro atoms. The summed E-state index contributed by atoms with van der Waals surface area (Å²) < 4.78 is 32.7. The van der Waals surface area contributed by atoms with Crippen LogP contribution < -0.4 is 5.32 Å². The second-order valence-corrected chi connectivity index (χ2v) is 5.95. The highest BCUT2D eigenvalue weighted by atomic mass is 19.1. The first-order chi connectivity index (χ1) is 13.2. The Hall–Kier alpha value is -3.54. The Balaban J connectivity index is 1.71. The Morgan fingerprint density at radius 3 is 2.30 bits per heavy atom. The Morgan fingerprint density at radius 2 is 1.56 bits per heavy atom. The lowest BCUT2D eigenvalue weighted by Gasteiger charge is -2.17. The van der Waals surface area contributed by atoms with E-state index >= 15 is 0 Å². The van der Waals surface area contributed by atoms with Gasteiger partial charge in [0.05, 0.1) is 0 Å². The maximum atomic E-state index is 13.6. The molecule has 1 heterocycles. The van der Waals surface area contributed by atoms with Gasteiger partial charge in [0.2, 0.25) is 11.8 Å². The molecule has 0 aliphatic carbocycles. The molecule has 1 atom stereocenters. The van der Waals surface area contributed by atoms with Crippen molar-refractivity contribution in [3.8, 4) is 11.5 Å². The van der Waals surface area contributed by atoms with Gasteiger partial charge in [0, 0.05) is 11.3 Å². The molecule has 0 amide bonds. The van der Waals surface area contributed by atoms with E-state index in [9.17, 15) is 8.78 Å². The normalized spacial score (nSPS) is 11.9. The number of hydrogen-bond donors (Lipinski definition) is 1. The van der Waals surface area contributed by atoms with Crippen LogP contribution in [0.2, 0.25) is 0 Å². The molecule has 1 aromatic heterocycles. The van der Waals surface area contributed by atoms with Crippen molar-refractivity contribution in [2.45, 2.75) is 6.04 Å². The monoisotopic (exact) mass is 363 g/mol. The molecular formula is C21H15F2N3O. The molecule has 0 aliphatic heterocycles. The van der Waals surface area contributed by atoms with Crippen molar-refractivity contribution in [3.63, 3.8) is 0 Å². The number of anilines is 1. The van der Waals surface area contributed by atoms with Crippen LogP contribution in [0, 0.1) is 11.6 Å². The Bertz CT molecular complexity index is 1030. The third kappa shape index (κ3) is 3.84. The van der Waals surface area contributed by atoms with Crippen LogP contribution in [0.5, 0.6) is 0 Å². The van der Waals surface area contributed by atoms with Gasteiger partial charge in [0.15, 0.2) is 0 Å². The maximum Gasteiger partial charge on any atom is 0.247 e. The second kappa shape index (κ2) is 7.37. The maximum absolute atomic E-state index is 13.6. The van der Waals surface area contributed by atoms with E-state index in [1.54, 1.807) is 24.3 Å². The fourth-order valence-corrected chi connectivity index (χ4v) is 2.74. The molecule has 0 radical (unpaired) electrons. The number of aromatic nitrogens is 2. The van der Waals surface area contributed by atoms with Gasteiger partial charge in [0.25, 0.3) is 0 Å². The first kappa shape index (κ1) is 16.9. The van der Waals surface area contributed by atoms with E-state index in [1.807, 2.05) is 30.3 Å². The van der Waals surface area contributed by atoms with Gasteiger partial charge in [-0.15, -0.1) is 10.2 Å². The number of hydrogen-bond acceptors (Lipinski definition) is 4. The second-order valence-electron chi connectivity index (χ2n) is 5.95. The van der Waals surface area contributed by atoms with Crippen LogP contribution in [-0.2, 0) is 0 Å². The van der Waals surface area contributed by atoms with Crippen LogP contribution >= 0.6 is 0 Å². The summed E-state index contributed by atoms with van der Waals surface area (Å²) in [5.74, 6) is -0.0457. The standard InChI is InChI=1S/C21H15F2N3O/c22-16-11-9-14(10-12-16)19(24-18-8-4-7-17(23)13-18)21-26-25-20(27-21)15-5-2-1-3-6-15/h1-13,19,24H/t19-/m1/s1. The van der Waals surface area contributed by atoms with E-state index in [0.717, 1.165) is 5.56 Å². The summed E-state index contributed by atoms with van der Waals surface area (Å²) in [5, 5.41) is 11.4. The van der Waals surface area contributed by atoms with Gasteiger partial charge in [0.1, 0.15) is 17.7 Å². The molecule has 0 aliphatic rings. The summed E-state index contributed by atoms with van der Waals surface area (Å²) in [7, 11) is 0. The molecule has 0 saturated carbocycles. The molecule has 27 heavy (non-hydrogen) atoms. The van der Waals surface area contributed by atoms with E-state index in [1.165, 1.54) is 24.3 Å². The number of nitrogens with one attached hydrogen (secondary N) is 1. The molecule has 6 heteroatoms. The molecule has 3 aromatic carbocycles. The lowest BCUT2D eigenvalue weighted by molar-refractivity contribution is 0.493. The number of benzene rings is 3. The smallest absolute Gasteiger partial charge is 0.247 e. The average Bonchev–Trinajstić information content (AvgIpc) is 3.18. The average molecular weight is 363 g/mol. The SMILES string of the molecule is Fc1ccc([C@@H](Nc2cccc(F)c2)c2nnc(-c3ccccc3)o2)cc1. The highest BCUT2D eigenvalue weighted by Gasteiger charge is 2.22. The summed E-state index contributed by atoms with van der Waals surface area (Å²) in [5.41, 5.74) is 2.05.